The van der Waals surface area contributed by atoms with Crippen LogP contribution in [-0.4, -0.2) is 64.1 Å². The summed E-state index contributed by atoms with van der Waals surface area (Å²) in [6, 6.07) is 14.2. The Morgan fingerprint density at radius 2 is 1.81 bits per heavy atom. The summed E-state index contributed by atoms with van der Waals surface area (Å²) < 4.78 is 1.72. The maximum Gasteiger partial charge on any atom is 0.295 e. The molecule has 0 spiro atoms. The number of carbonyl (C=O) groups excluding carboxylic acids is 1. The highest BCUT2D eigenvalue weighted by Gasteiger charge is 2.28. The zero-order valence-corrected chi connectivity index (χ0v) is 21.1. The van der Waals surface area contributed by atoms with Crippen LogP contribution >= 0.6 is 0 Å². The number of nitrogens with one attached hydrogen (secondary N) is 1. The van der Waals surface area contributed by atoms with Gasteiger partial charge in [-0.25, -0.2) is 9.97 Å². The first-order chi connectivity index (χ1) is 17.6. The summed E-state index contributed by atoms with van der Waals surface area (Å²) in [6.07, 6.45) is 6.70. The molecule has 0 bridgehead atoms. The van der Waals surface area contributed by atoms with Crippen LogP contribution in [0, 0.1) is 5.92 Å². The Balaban J connectivity index is 1.23. The van der Waals surface area contributed by atoms with E-state index in [0.717, 1.165) is 31.4 Å². The van der Waals surface area contributed by atoms with E-state index in [1.54, 1.807) is 10.8 Å². The molecule has 36 heavy (non-hydrogen) atoms. The molecule has 4 heterocycles. The highest BCUT2D eigenvalue weighted by atomic mass is 16.2. The number of hydrogen-bond acceptors (Lipinski definition) is 6. The Kier molecular flexibility index (Phi) is 7.60. The minimum atomic E-state index is -0.135. The monoisotopic (exact) mass is 488 g/mol. The van der Waals surface area contributed by atoms with Crippen LogP contribution in [0.5, 0.6) is 0 Å². The van der Waals surface area contributed by atoms with Crippen molar-refractivity contribution < 1.29 is 4.79 Å². The molecule has 2 aliphatic heterocycles. The molecule has 2 saturated heterocycles. The summed E-state index contributed by atoms with van der Waals surface area (Å²) in [6.45, 7) is 7.06. The molecule has 1 atom stereocenters. The molecule has 0 saturated carbocycles. The van der Waals surface area contributed by atoms with E-state index in [-0.39, 0.29) is 17.4 Å². The number of fused-ring (bicyclic) bond motifs is 1. The molecule has 1 amide bonds. The first kappa shape index (κ1) is 24.4. The average molecular weight is 489 g/mol. The van der Waals surface area contributed by atoms with Gasteiger partial charge in [0.1, 0.15) is 5.52 Å². The number of carbonyl (C=O) groups is 1. The quantitative estimate of drug-likeness (QED) is 0.525. The van der Waals surface area contributed by atoms with E-state index in [0.29, 0.717) is 42.7 Å². The topological polar surface area (TPSA) is 83.4 Å². The smallest absolute Gasteiger partial charge is 0.295 e. The first-order valence-electron chi connectivity index (χ1n) is 13.3. The fourth-order valence-electron chi connectivity index (χ4n) is 5.45. The molecule has 2 fully saturated rings. The lowest BCUT2D eigenvalue weighted by atomic mass is 9.96. The van der Waals surface area contributed by atoms with Gasteiger partial charge in [-0.15, -0.1) is 0 Å². The number of anilines is 1. The van der Waals surface area contributed by atoms with Gasteiger partial charge in [-0.3, -0.25) is 14.2 Å². The third-order valence-electron chi connectivity index (χ3n) is 7.66. The Morgan fingerprint density at radius 3 is 2.56 bits per heavy atom. The van der Waals surface area contributed by atoms with Crippen molar-refractivity contribution in [3.63, 3.8) is 0 Å². The number of benzene rings is 1. The Bertz CT molecular complexity index is 1230. The van der Waals surface area contributed by atoms with Crippen LogP contribution in [0.3, 0.4) is 0 Å². The van der Waals surface area contributed by atoms with Crippen LogP contribution in [0.25, 0.3) is 11.2 Å². The van der Waals surface area contributed by atoms with Crippen molar-refractivity contribution in [2.75, 3.05) is 37.6 Å². The maximum atomic E-state index is 13.6. The Morgan fingerprint density at radius 1 is 1.06 bits per heavy atom. The summed E-state index contributed by atoms with van der Waals surface area (Å²) >= 11 is 0. The van der Waals surface area contributed by atoms with Crippen molar-refractivity contribution in [2.45, 2.75) is 51.6 Å². The fourth-order valence-corrected chi connectivity index (χ4v) is 5.45. The molecule has 0 aliphatic carbocycles. The standard InChI is InChI=1S/C28H36N6O2/c1-21(32-16-5-6-17-32)11-15-30-27(35)23-12-18-33(19-13-23)26-28(36)34(20-22-8-3-2-4-9-22)25-24(31-26)10-7-14-29-25/h2-4,7-10,14,21,23H,5-6,11-13,15-20H2,1H3,(H,30,35)/t21-/m0/s1. The van der Waals surface area contributed by atoms with E-state index in [2.05, 4.69) is 22.1 Å². The molecule has 8 heteroatoms. The second kappa shape index (κ2) is 11.2. The molecule has 190 valence electrons. The second-order valence-electron chi connectivity index (χ2n) is 10.1. The van der Waals surface area contributed by atoms with Crippen LogP contribution < -0.4 is 15.8 Å². The number of likely N-dealkylation sites (tertiary alicyclic amines) is 1. The zero-order chi connectivity index (χ0) is 24.9. The van der Waals surface area contributed by atoms with Gasteiger partial charge in [-0.05, 0) is 69.8 Å². The Hall–Kier alpha value is -3.26. The third-order valence-corrected chi connectivity index (χ3v) is 7.66. The van der Waals surface area contributed by atoms with E-state index in [1.807, 2.05) is 47.4 Å². The molecule has 0 unspecified atom stereocenters. The van der Waals surface area contributed by atoms with E-state index < -0.39 is 0 Å². The van der Waals surface area contributed by atoms with Crippen LogP contribution in [0.2, 0.25) is 0 Å². The average Bonchev–Trinajstić information content (AvgIpc) is 3.46. The summed E-state index contributed by atoms with van der Waals surface area (Å²) in [5.74, 6) is 0.571. The molecule has 3 aromatic rings. The second-order valence-corrected chi connectivity index (χ2v) is 10.1. The molecule has 2 aromatic heterocycles. The van der Waals surface area contributed by atoms with Crippen LogP contribution in [0.1, 0.15) is 44.6 Å². The van der Waals surface area contributed by atoms with Crippen molar-refractivity contribution in [3.05, 3.63) is 64.6 Å². The van der Waals surface area contributed by atoms with Crippen molar-refractivity contribution in [1.82, 2.24) is 24.8 Å². The lowest BCUT2D eigenvalue weighted by molar-refractivity contribution is -0.125. The molecule has 5 rings (SSSR count). The predicted molar refractivity (Wildman–Crippen MR) is 142 cm³/mol. The minimum absolute atomic E-state index is 0.0167. The molecular weight excluding hydrogens is 452 g/mol. The van der Waals surface area contributed by atoms with E-state index in [4.69, 9.17) is 4.98 Å². The number of piperidine rings is 1. The molecule has 1 aromatic carbocycles. The van der Waals surface area contributed by atoms with Crippen LogP contribution in [0.4, 0.5) is 5.82 Å². The van der Waals surface area contributed by atoms with Gasteiger partial charge in [0.2, 0.25) is 5.91 Å². The minimum Gasteiger partial charge on any atom is -0.356 e. The molecular formula is C28H36N6O2. The van der Waals surface area contributed by atoms with Gasteiger partial charge in [0.05, 0.1) is 6.54 Å². The molecule has 1 N–H and O–H groups in total. The number of aromatic nitrogens is 3. The number of pyridine rings is 1. The van der Waals surface area contributed by atoms with E-state index in [9.17, 15) is 9.59 Å². The van der Waals surface area contributed by atoms with Crippen molar-refractivity contribution in [1.29, 1.82) is 0 Å². The summed E-state index contributed by atoms with van der Waals surface area (Å²) in [5.41, 5.74) is 2.20. The van der Waals surface area contributed by atoms with Crippen molar-refractivity contribution >= 4 is 22.9 Å². The van der Waals surface area contributed by atoms with Gasteiger partial charge in [-0.2, -0.15) is 0 Å². The predicted octanol–water partition coefficient (Wildman–Crippen LogP) is 3.05. The van der Waals surface area contributed by atoms with Gasteiger partial charge in [0.15, 0.2) is 11.5 Å². The lowest BCUT2D eigenvalue weighted by Gasteiger charge is -2.32. The van der Waals surface area contributed by atoms with E-state index in [1.165, 1.54) is 25.9 Å². The van der Waals surface area contributed by atoms with Gasteiger partial charge < -0.3 is 15.1 Å². The van der Waals surface area contributed by atoms with Crippen LogP contribution in [0.15, 0.2) is 53.5 Å². The number of hydrogen-bond donors (Lipinski definition) is 1. The zero-order valence-electron chi connectivity index (χ0n) is 21.1. The third kappa shape index (κ3) is 5.43. The number of nitrogens with zero attached hydrogens (tertiary/aromatic N) is 5. The van der Waals surface area contributed by atoms with E-state index >= 15 is 0 Å². The number of rotatable bonds is 8. The lowest BCUT2D eigenvalue weighted by Crippen LogP contribution is -2.44. The van der Waals surface area contributed by atoms with Crippen LogP contribution in [-0.2, 0) is 11.3 Å². The SMILES string of the molecule is C[C@@H](CCNC(=O)C1CCN(c2nc3cccnc3n(Cc3ccccc3)c2=O)CC1)N1CCCC1. The fraction of sp³-hybridized carbons (Fsp3) is 0.500. The summed E-state index contributed by atoms with van der Waals surface area (Å²) in [5, 5.41) is 3.16. The van der Waals surface area contributed by atoms with Gasteiger partial charge in [0.25, 0.3) is 5.56 Å². The summed E-state index contributed by atoms with van der Waals surface area (Å²) in [7, 11) is 0. The maximum absolute atomic E-state index is 13.6. The molecule has 2 aliphatic rings. The number of amides is 1. The van der Waals surface area contributed by atoms with Gasteiger partial charge >= 0.3 is 0 Å². The largest absolute Gasteiger partial charge is 0.356 e. The highest BCUT2D eigenvalue weighted by molar-refractivity contribution is 5.79. The van der Waals surface area contributed by atoms with Gasteiger partial charge in [-0.1, -0.05) is 30.3 Å². The molecule has 8 nitrogen and oxygen atoms in total. The normalized spacial score (nSPS) is 18.0. The first-order valence-corrected chi connectivity index (χ1v) is 13.3. The highest BCUT2D eigenvalue weighted by Crippen LogP contribution is 2.22. The Labute approximate surface area is 212 Å². The van der Waals surface area contributed by atoms with Crippen molar-refractivity contribution in [3.8, 4) is 0 Å². The molecule has 0 radical (unpaired) electrons. The summed E-state index contributed by atoms with van der Waals surface area (Å²) in [4.78, 5) is 40.1. The van der Waals surface area contributed by atoms with Gasteiger partial charge in [0, 0.05) is 37.8 Å². The van der Waals surface area contributed by atoms with Crippen molar-refractivity contribution in [2.24, 2.45) is 5.92 Å².